The first-order valence-electron chi connectivity index (χ1n) is 3.97. The van der Waals surface area contributed by atoms with Crippen LogP contribution in [0.4, 0.5) is 0 Å². The van der Waals surface area contributed by atoms with E-state index in [-0.39, 0.29) is 5.78 Å². The van der Waals surface area contributed by atoms with Gasteiger partial charge in [-0.2, -0.15) is 0 Å². The normalized spacial score (nSPS) is 10.1. The molecule has 0 fully saturated rings. The summed E-state index contributed by atoms with van der Waals surface area (Å²) in [7, 11) is 0. The van der Waals surface area contributed by atoms with Crippen LogP contribution in [0, 0.1) is 0 Å². The molecule has 0 unspecified atom stereocenters. The summed E-state index contributed by atoms with van der Waals surface area (Å²) in [5.74, 6) is 0.0197. The van der Waals surface area contributed by atoms with E-state index in [0.717, 1.165) is 4.47 Å². The Morgan fingerprint density at radius 2 is 1.93 bits per heavy atom. The summed E-state index contributed by atoms with van der Waals surface area (Å²) >= 11 is 4.61. The van der Waals surface area contributed by atoms with Gasteiger partial charge < -0.3 is 0 Å². The van der Waals surface area contributed by atoms with Crippen LogP contribution in [0.5, 0.6) is 0 Å². The number of halogens is 1. The van der Waals surface area contributed by atoms with Crippen molar-refractivity contribution in [3.63, 3.8) is 0 Å². The Balaban J connectivity index is 2.33. The lowest BCUT2D eigenvalue weighted by Gasteiger charge is -1.97. The number of ketones is 1. The number of carbonyl (C=O) groups excluding carboxylic acids is 1. The van der Waals surface area contributed by atoms with Crippen molar-refractivity contribution in [2.45, 2.75) is 0 Å². The predicted octanol–water partition coefficient (Wildman–Crippen LogP) is 3.14. The Kier molecular flexibility index (Phi) is 2.74. The molecule has 0 aliphatic rings. The van der Waals surface area contributed by atoms with E-state index in [1.165, 1.54) is 11.5 Å². The Hall–Kier alpha value is -1.00. The Morgan fingerprint density at radius 1 is 1.21 bits per heavy atom. The number of benzene rings is 1. The van der Waals surface area contributed by atoms with E-state index in [9.17, 15) is 4.79 Å². The molecule has 0 spiro atoms. The van der Waals surface area contributed by atoms with Gasteiger partial charge in [-0.15, -0.1) is 0 Å². The molecule has 0 saturated carbocycles. The summed E-state index contributed by atoms with van der Waals surface area (Å²) < 4.78 is 4.87. The fourth-order valence-electron chi connectivity index (χ4n) is 1.08. The molecule has 2 rings (SSSR count). The zero-order valence-corrected chi connectivity index (χ0v) is 9.51. The van der Waals surface area contributed by atoms with E-state index >= 15 is 0 Å². The van der Waals surface area contributed by atoms with Crippen molar-refractivity contribution in [1.29, 1.82) is 0 Å². The molecule has 1 aromatic carbocycles. The predicted molar refractivity (Wildman–Crippen MR) is 59.7 cm³/mol. The quantitative estimate of drug-likeness (QED) is 0.783. The van der Waals surface area contributed by atoms with E-state index in [4.69, 9.17) is 0 Å². The van der Waals surface area contributed by atoms with Crippen molar-refractivity contribution in [3.05, 3.63) is 51.4 Å². The molecule has 1 aromatic heterocycles. The van der Waals surface area contributed by atoms with Gasteiger partial charge in [0.1, 0.15) is 0 Å². The van der Waals surface area contributed by atoms with Crippen LogP contribution in [-0.2, 0) is 0 Å². The molecule has 4 heteroatoms. The van der Waals surface area contributed by atoms with Crippen molar-refractivity contribution in [3.8, 4) is 0 Å². The first-order valence-corrected chi connectivity index (χ1v) is 5.60. The largest absolute Gasteiger partial charge is 0.289 e. The summed E-state index contributed by atoms with van der Waals surface area (Å²) in [5.41, 5.74) is 1.34. The Morgan fingerprint density at radius 3 is 2.50 bits per heavy atom. The number of carbonyl (C=O) groups is 1. The second-order valence-corrected chi connectivity index (χ2v) is 4.32. The maximum absolute atomic E-state index is 11.8. The van der Waals surface area contributed by atoms with Gasteiger partial charge in [0.05, 0.1) is 11.8 Å². The van der Waals surface area contributed by atoms with Gasteiger partial charge in [-0.1, -0.05) is 15.9 Å². The maximum atomic E-state index is 11.8. The molecule has 0 aliphatic heterocycles. The molecule has 0 amide bonds. The Bertz CT molecular complexity index is 436. The highest BCUT2D eigenvalue weighted by atomic mass is 79.9. The number of hydrogen-bond donors (Lipinski definition) is 0. The molecule has 14 heavy (non-hydrogen) atoms. The van der Waals surface area contributed by atoms with Gasteiger partial charge in [0.25, 0.3) is 0 Å². The number of rotatable bonds is 2. The lowest BCUT2D eigenvalue weighted by molar-refractivity contribution is 0.103. The molecule has 0 N–H and O–H groups in total. The molecule has 0 aliphatic carbocycles. The molecular formula is C10H6BrNOS. The summed E-state index contributed by atoms with van der Waals surface area (Å²) in [6, 6.07) is 7.30. The van der Waals surface area contributed by atoms with Crippen LogP contribution in [-0.4, -0.2) is 10.2 Å². The van der Waals surface area contributed by atoms with E-state index < -0.39 is 0 Å². The van der Waals surface area contributed by atoms with Gasteiger partial charge in [-0.3, -0.25) is 4.79 Å². The van der Waals surface area contributed by atoms with Gasteiger partial charge in [0.2, 0.25) is 0 Å². The minimum atomic E-state index is 0.0197. The monoisotopic (exact) mass is 267 g/mol. The third-order valence-corrected chi connectivity index (χ3v) is 2.92. The SMILES string of the molecule is O=C(c1ccc(Br)cc1)c1cnsc1. The molecule has 0 atom stereocenters. The molecular weight excluding hydrogens is 262 g/mol. The van der Waals surface area contributed by atoms with Crippen LogP contribution in [0.15, 0.2) is 40.3 Å². The topological polar surface area (TPSA) is 30.0 Å². The molecule has 2 nitrogen and oxygen atoms in total. The molecule has 0 radical (unpaired) electrons. The summed E-state index contributed by atoms with van der Waals surface area (Å²) in [6.45, 7) is 0. The van der Waals surface area contributed by atoms with E-state index in [1.54, 1.807) is 23.7 Å². The van der Waals surface area contributed by atoms with Crippen LogP contribution in [0.25, 0.3) is 0 Å². The van der Waals surface area contributed by atoms with E-state index in [2.05, 4.69) is 20.3 Å². The third-order valence-electron chi connectivity index (χ3n) is 1.80. The van der Waals surface area contributed by atoms with E-state index in [1.807, 2.05) is 12.1 Å². The molecule has 2 aromatic rings. The van der Waals surface area contributed by atoms with Crippen molar-refractivity contribution in [2.24, 2.45) is 0 Å². The number of nitrogens with zero attached hydrogens (tertiary/aromatic N) is 1. The van der Waals surface area contributed by atoms with E-state index in [0.29, 0.717) is 11.1 Å². The van der Waals surface area contributed by atoms with Crippen LogP contribution in [0.3, 0.4) is 0 Å². The minimum Gasteiger partial charge on any atom is -0.289 e. The average molecular weight is 268 g/mol. The summed E-state index contributed by atoms with van der Waals surface area (Å²) in [6.07, 6.45) is 1.59. The zero-order valence-electron chi connectivity index (χ0n) is 7.11. The van der Waals surface area contributed by atoms with Crippen molar-refractivity contribution < 1.29 is 4.79 Å². The molecule has 1 heterocycles. The highest BCUT2D eigenvalue weighted by molar-refractivity contribution is 9.10. The van der Waals surface area contributed by atoms with Crippen molar-refractivity contribution >= 4 is 33.2 Å². The smallest absolute Gasteiger partial charge is 0.195 e. The second-order valence-electron chi connectivity index (χ2n) is 2.75. The Labute approximate surface area is 93.9 Å². The highest BCUT2D eigenvalue weighted by Crippen LogP contribution is 2.14. The standard InChI is InChI=1S/C10H6BrNOS/c11-9-3-1-7(2-4-9)10(13)8-5-12-14-6-8/h1-6H. The van der Waals surface area contributed by atoms with Crippen LogP contribution < -0.4 is 0 Å². The first-order chi connectivity index (χ1) is 6.77. The lowest BCUT2D eigenvalue weighted by Crippen LogP contribution is -1.98. The number of aromatic nitrogens is 1. The molecule has 0 saturated heterocycles. The third kappa shape index (κ3) is 1.91. The zero-order chi connectivity index (χ0) is 9.97. The summed E-state index contributed by atoms with van der Waals surface area (Å²) in [4.78, 5) is 11.8. The number of hydrogen-bond acceptors (Lipinski definition) is 3. The van der Waals surface area contributed by atoms with Crippen LogP contribution in [0.1, 0.15) is 15.9 Å². The van der Waals surface area contributed by atoms with Gasteiger partial charge in [0, 0.05) is 15.4 Å². The van der Waals surface area contributed by atoms with Gasteiger partial charge >= 0.3 is 0 Å². The van der Waals surface area contributed by atoms with Crippen LogP contribution >= 0.6 is 27.5 Å². The van der Waals surface area contributed by atoms with Crippen molar-refractivity contribution in [1.82, 2.24) is 4.37 Å². The van der Waals surface area contributed by atoms with Gasteiger partial charge in [-0.05, 0) is 35.8 Å². The minimum absolute atomic E-state index is 0.0197. The first kappa shape index (κ1) is 9.55. The van der Waals surface area contributed by atoms with Crippen LogP contribution in [0.2, 0.25) is 0 Å². The average Bonchev–Trinajstić information content (AvgIpc) is 2.71. The fraction of sp³-hybridized carbons (Fsp3) is 0. The van der Waals surface area contributed by atoms with Crippen molar-refractivity contribution in [2.75, 3.05) is 0 Å². The maximum Gasteiger partial charge on any atom is 0.195 e. The van der Waals surface area contributed by atoms with Gasteiger partial charge in [-0.25, -0.2) is 4.37 Å². The highest BCUT2D eigenvalue weighted by Gasteiger charge is 2.08. The second kappa shape index (κ2) is 4.02. The van der Waals surface area contributed by atoms with Gasteiger partial charge in [0.15, 0.2) is 5.78 Å². The summed E-state index contributed by atoms with van der Waals surface area (Å²) in [5, 5.41) is 1.75. The lowest BCUT2D eigenvalue weighted by atomic mass is 10.1. The molecule has 70 valence electrons. The fourth-order valence-corrected chi connectivity index (χ4v) is 1.87. The molecule has 0 bridgehead atoms.